The fraction of sp³-hybridized carbons (Fsp3) is 0.667. The van der Waals surface area contributed by atoms with Crippen molar-refractivity contribution in [3.63, 3.8) is 0 Å². The first-order valence-corrected chi connectivity index (χ1v) is 8.25. The predicted octanol–water partition coefficient (Wildman–Crippen LogP) is 3.39. The van der Waals surface area contributed by atoms with Crippen molar-refractivity contribution >= 4 is 0 Å². The summed E-state index contributed by atoms with van der Waals surface area (Å²) in [4.78, 5) is 2.60. The summed E-state index contributed by atoms with van der Waals surface area (Å²) in [5.74, 6) is 0. The minimum Gasteiger partial charge on any atom is -0.314 e. The zero-order chi connectivity index (χ0) is 14.2. The van der Waals surface area contributed by atoms with Gasteiger partial charge in [0.25, 0.3) is 0 Å². The number of hydrogen-bond acceptors (Lipinski definition) is 2. The Kier molecular flexibility index (Phi) is 6.55. The van der Waals surface area contributed by atoms with Crippen LogP contribution >= 0.6 is 0 Å². The molecule has 0 bridgehead atoms. The summed E-state index contributed by atoms with van der Waals surface area (Å²) >= 11 is 0. The van der Waals surface area contributed by atoms with Crippen LogP contribution in [-0.4, -0.2) is 37.1 Å². The highest BCUT2D eigenvalue weighted by Gasteiger charge is 2.10. The molecular formula is C18H30N2. The SMILES string of the molecule is Cc1cccc(CCC(C)NCCCN2CCCC2)c1. The fourth-order valence-corrected chi connectivity index (χ4v) is 3.01. The molecular weight excluding hydrogens is 244 g/mol. The molecule has 0 aromatic heterocycles. The van der Waals surface area contributed by atoms with Gasteiger partial charge in [0.1, 0.15) is 0 Å². The molecule has 1 aromatic rings. The van der Waals surface area contributed by atoms with Gasteiger partial charge in [-0.2, -0.15) is 0 Å². The van der Waals surface area contributed by atoms with Gasteiger partial charge in [0.05, 0.1) is 0 Å². The van der Waals surface area contributed by atoms with Crippen LogP contribution in [-0.2, 0) is 6.42 Å². The highest BCUT2D eigenvalue weighted by atomic mass is 15.1. The van der Waals surface area contributed by atoms with Crippen LogP contribution < -0.4 is 5.32 Å². The average molecular weight is 274 g/mol. The van der Waals surface area contributed by atoms with Gasteiger partial charge in [0, 0.05) is 6.04 Å². The lowest BCUT2D eigenvalue weighted by molar-refractivity contribution is 0.327. The normalized spacial score (nSPS) is 17.5. The standard InChI is InChI=1S/C18H30N2/c1-16-7-5-8-18(15-16)10-9-17(2)19-11-6-14-20-12-3-4-13-20/h5,7-8,15,17,19H,3-4,6,9-14H2,1-2H3. The summed E-state index contributed by atoms with van der Waals surface area (Å²) in [6, 6.07) is 9.50. The quantitative estimate of drug-likeness (QED) is 0.731. The lowest BCUT2D eigenvalue weighted by Crippen LogP contribution is -2.30. The number of nitrogens with zero attached hydrogens (tertiary/aromatic N) is 1. The lowest BCUT2D eigenvalue weighted by Gasteiger charge is -2.17. The van der Waals surface area contributed by atoms with E-state index in [1.165, 1.54) is 62.9 Å². The molecule has 1 unspecified atom stereocenters. The number of rotatable bonds is 8. The van der Waals surface area contributed by atoms with E-state index in [-0.39, 0.29) is 0 Å². The Hall–Kier alpha value is -0.860. The van der Waals surface area contributed by atoms with Crippen LogP contribution in [0.1, 0.15) is 43.7 Å². The van der Waals surface area contributed by atoms with E-state index in [0.717, 1.165) is 6.54 Å². The van der Waals surface area contributed by atoms with Crippen molar-refractivity contribution in [2.75, 3.05) is 26.2 Å². The number of aryl methyl sites for hydroxylation is 2. The Morgan fingerprint density at radius 2 is 2.05 bits per heavy atom. The van der Waals surface area contributed by atoms with Gasteiger partial charge in [-0.3, -0.25) is 0 Å². The minimum absolute atomic E-state index is 0.620. The molecule has 0 saturated carbocycles. The van der Waals surface area contributed by atoms with Gasteiger partial charge >= 0.3 is 0 Å². The first kappa shape index (κ1) is 15.5. The zero-order valence-electron chi connectivity index (χ0n) is 13.2. The second-order valence-electron chi connectivity index (χ2n) is 6.29. The highest BCUT2D eigenvalue weighted by molar-refractivity contribution is 5.22. The molecule has 1 aliphatic rings. The molecule has 2 heteroatoms. The van der Waals surface area contributed by atoms with Crippen molar-refractivity contribution in [3.05, 3.63) is 35.4 Å². The van der Waals surface area contributed by atoms with E-state index in [1.807, 2.05) is 0 Å². The highest BCUT2D eigenvalue weighted by Crippen LogP contribution is 2.09. The molecule has 2 nitrogen and oxygen atoms in total. The fourth-order valence-electron chi connectivity index (χ4n) is 3.01. The van der Waals surface area contributed by atoms with E-state index in [9.17, 15) is 0 Å². The van der Waals surface area contributed by atoms with Crippen molar-refractivity contribution in [2.24, 2.45) is 0 Å². The Balaban J connectivity index is 1.54. The zero-order valence-corrected chi connectivity index (χ0v) is 13.2. The number of benzene rings is 1. The molecule has 1 aromatic carbocycles. The summed E-state index contributed by atoms with van der Waals surface area (Å²) in [6.45, 7) is 9.56. The second-order valence-corrected chi connectivity index (χ2v) is 6.29. The smallest absolute Gasteiger partial charge is 0.00419 e. The van der Waals surface area contributed by atoms with Crippen LogP contribution in [0.15, 0.2) is 24.3 Å². The summed E-state index contributed by atoms with van der Waals surface area (Å²) in [5.41, 5.74) is 2.84. The first-order valence-electron chi connectivity index (χ1n) is 8.25. The molecule has 0 aliphatic carbocycles. The summed E-state index contributed by atoms with van der Waals surface area (Å²) in [7, 11) is 0. The van der Waals surface area contributed by atoms with Gasteiger partial charge < -0.3 is 10.2 Å². The van der Waals surface area contributed by atoms with Gasteiger partial charge in [-0.15, -0.1) is 0 Å². The molecule has 1 saturated heterocycles. The van der Waals surface area contributed by atoms with E-state index in [4.69, 9.17) is 0 Å². The van der Waals surface area contributed by atoms with Crippen molar-refractivity contribution in [3.8, 4) is 0 Å². The Morgan fingerprint density at radius 3 is 2.80 bits per heavy atom. The van der Waals surface area contributed by atoms with Crippen LogP contribution in [0.25, 0.3) is 0 Å². The van der Waals surface area contributed by atoms with Crippen molar-refractivity contribution in [1.29, 1.82) is 0 Å². The molecule has 1 fully saturated rings. The lowest BCUT2D eigenvalue weighted by atomic mass is 10.0. The maximum atomic E-state index is 3.66. The molecule has 2 rings (SSSR count). The Morgan fingerprint density at radius 1 is 1.25 bits per heavy atom. The van der Waals surface area contributed by atoms with Gasteiger partial charge in [-0.25, -0.2) is 0 Å². The van der Waals surface area contributed by atoms with Crippen molar-refractivity contribution in [2.45, 2.75) is 52.0 Å². The predicted molar refractivity (Wildman–Crippen MR) is 87.3 cm³/mol. The molecule has 112 valence electrons. The largest absolute Gasteiger partial charge is 0.314 e. The van der Waals surface area contributed by atoms with Gasteiger partial charge in [-0.05, 0) is 77.7 Å². The van der Waals surface area contributed by atoms with Crippen LogP contribution in [0.3, 0.4) is 0 Å². The summed E-state index contributed by atoms with van der Waals surface area (Å²) < 4.78 is 0. The maximum Gasteiger partial charge on any atom is 0.00419 e. The first-order chi connectivity index (χ1) is 9.74. The number of nitrogens with one attached hydrogen (secondary N) is 1. The van der Waals surface area contributed by atoms with Gasteiger partial charge in [0.15, 0.2) is 0 Å². The molecule has 0 spiro atoms. The number of hydrogen-bond donors (Lipinski definition) is 1. The summed E-state index contributed by atoms with van der Waals surface area (Å²) in [5, 5.41) is 3.66. The van der Waals surface area contributed by atoms with Crippen molar-refractivity contribution < 1.29 is 0 Å². The molecule has 1 aliphatic heterocycles. The van der Waals surface area contributed by atoms with E-state index < -0.39 is 0 Å². The Labute approximate surface area is 124 Å². The van der Waals surface area contributed by atoms with Crippen LogP contribution in [0.2, 0.25) is 0 Å². The van der Waals surface area contributed by atoms with Crippen LogP contribution in [0, 0.1) is 6.92 Å². The van der Waals surface area contributed by atoms with E-state index >= 15 is 0 Å². The van der Waals surface area contributed by atoms with E-state index in [1.54, 1.807) is 0 Å². The third kappa shape index (κ3) is 5.64. The van der Waals surface area contributed by atoms with Crippen LogP contribution in [0.5, 0.6) is 0 Å². The van der Waals surface area contributed by atoms with Gasteiger partial charge in [-0.1, -0.05) is 29.8 Å². The maximum absolute atomic E-state index is 3.66. The van der Waals surface area contributed by atoms with Crippen LogP contribution in [0.4, 0.5) is 0 Å². The monoisotopic (exact) mass is 274 g/mol. The molecule has 0 amide bonds. The number of likely N-dealkylation sites (tertiary alicyclic amines) is 1. The topological polar surface area (TPSA) is 15.3 Å². The molecule has 1 atom stereocenters. The minimum atomic E-state index is 0.620. The summed E-state index contributed by atoms with van der Waals surface area (Å²) in [6.07, 6.45) is 6.50. The molecule has 1 heterocycles. The third-order valence-electron chi connectivity index (χ3n) is 4.29. The van der Waals surface area contributed by atoms with Gasteiger partial charge in [0.2, 0.25) is 0 Å². The Bertz CT molecular complexity index is 383. The van der Waals surface area contributed by atoms with E-state index in [0.29, 0.717) is 6.04 Å². The molecule has 20 heavy (non-hydrogen) atoms. The molecule has 1 N–H and O–H groups in total. The van der Waals surface area contributed by atoms with E-state index in [2.05, 4.69) is 48.3 Å². The third-order valence-corrected chi connectivity index (χ3v) is 4.29. The van der Waals surface area contributed by atoms with Crippen molar-refractivity contribution in [1.82, 2.24) is 10.2 Å². The molecule has 0 radical (unpaired) electrons. The average Bonchev–Trinajstić information content (AvgIpc) is 2.95. The second kappa shape index (κ2) is 8.43.